The predicted octanol–water partition coefficient (Wildman–Crippen LogP) is 1.95. The van der Waals surface area contributed by atoms with Crippen molar-refractivity contribution in [2.24, 2.45) is 11.1 Å². The fourth-order valence-corrected chi connectivity index (χ4v) is 2.17. The van der Waals surface area contributed by atoms with Crippen molar-refractivity contribution >= 4 is 17.4 Å². The molecule has 1 aromatic rings. The van der Waals surface area contributed by atoms with Crippen molar-refractivity contribution in [2.75, 3.05) is 13.2 Å². The van der Waals surface area contributed by atoms with Gasteiger partial charge in [0.2, 0.25) is 0 Å². The third-order valence-corrected chi connectivity index (χ3v) is 3.76. The molecule has 3 nitrogen and oxygen atoms in total. The average Bonchev–Trinajstić information content (AvgIpc) is 2.64. The van der Waals surface area contributed by atoms with Gasteiger partial charge in [-0.15, -0.1) is 0 Å². The summed E-state index contributed by atoms with van der Waals surface area (Å²) in [6.07, 6.45) is 0.0105. The monoisotopic (exact) mass is 271 g/mol. The Morgan fingerprint density at radius 3 is 2.94 bits per heavy atom. The van der Waals surface area contributed by atoms with Crippen LogP contribution in [0.4, 0.5) is 4.39 Å². The normalized spacial score (nSPS) is 27.4. The molecule has 2 atom stereocenters. The minimum absolute atomic E-state index is 0.0105. The molecule has 1 heterocycles. The van der Waals surface area contributed by atoms with E-state index in [1.165, 1.54) is 12.1 Å². The second kappa shape index (κ2) is 4.96. The van der Waals surface area contributed by atoms with E-state index in [1.54, 1.807) is 13.0 Å². The molecule has 1 aliphatic heterocycles. The highest BCUT2D eigenvalue weighted by molar-refractivity contribution is 6.30. The van der Waals surface area contributed by atoms with E-state index in [0.717, 1.165) is 0 Å². The minimum atomic E-state index is -0.730. The quantitative estimate of drug-likeness (QED) is 0.914. The van der Waals surface area contributed by atoms with E-state index in [-0.39, 0.29) is 18.2 Å². The Bertz CT molecular complexity index is 480. The van der Waals surface area contributed by atoms with E-state index in [4.69, 9.17) is 22.1 Å². The largest absolute Gasteiger partial charge is 0.379 e. The molecule has 0 saturated carbocycles. The van der Waals surface area contributed by atoms with Gasteiger partial charge in [0.15, 0.2) is 0 Å². The first kappa shape index (κ1) is 13.5. The maximum Gasteiger partial charge on any atom is 0.147 e. The first-order chi connectivity index (χ1) is 8.43. The number of Topliss-reactive ketones (excluding diaryl/α,β-unsaturated/α-hetero) is 1. The van der Waals surface area contributed by atoms with Gasteiger partial charge in [-0.1, -0.05) is 17.7 Å². The molecule has 0 aliphatic carbocycles. The second-order valence-electron chi connectivity index (χ2n) is 4.87. The van der Waals surface area contributed by atoms with Crippen LogP contribution in [-0.4, -0.2) is 25.0 Å². The van der Waals surface area contributed by atoms with Crippen molar-refractivity contribution in [1.29, 1.82) is 0 Å². The van der Waals surface area contributed by atoms with Gasteiger partial charge in [0.05, 0.1) is 18.6 Å². The van der Waals surface area contributed by atoms with E-state index in [2.05, 4.69) is 0 Å². The highest BCUT2D eigenvalue weighted by atomic mass is 35.5. The maximum atomic E-state index is 13.6. The Hall–Kier alpha value is -0.970. The third kappa shape index (κ3) is 2.41. The van der Waals surface area contributed by atoms with Crippen LogP contribution in [0.2, 0.25) is 5.02 Å². The number of rotatable bonds is 3. The lowest BCUT2D eigenvalue weighted by molar-refractivity contribution is -0.127. The van der Waals surface area contributed by atoms with Crippen LogP contribution >= 0.6 is 11.6 Å². The highest BCUT2D eigenvalue weighted by Crippen LogP contribution is 2.30. The molecule has 2 unspecified atom stereocenters. The molecule has 2 rings (SSSR count). The van der Waals surface area contributed by atoms with Crippen LogP contribution in [0.25, 0.3) is 0 Å². The molecule has 0 amide bonds. The van der Waals surface area contributed by atoms with E-state index < -0.39 is 11.2 Å². The van der Waals surface area contributed by atoms with Gasteiger partial charge in [0, 0.05) is 17.5 Å². The molecule has 0 spiro atoms. The second-order valence-corrected chi connectivity index (χ2v) is 5.31. The zero-order valence-corrected chi connectivity index (χ0v) is 10.8. The van der Waals surface area contributed by atoms with Gasteiger partial charge in [-0.05, 0) is 24.6 Å². The third-order valence-electron chi connectivity index (χ3n) is 3.52. The molecular weight excluding hydrogens is 257 g/mol. The number of carbonyl (C=O) groups is 1. The lowest BCUT2D eigenvalue weighted by Crippen LogP contribution is -2.45. The van der Waals surface area contributed by atoms with Gasteiger partial charge in [0.1, 0.15) is 11.6 Å². The summed E-state index contributed by atoms with van der Waals surface area (Å²) in [4.78, 5) is 12.2. The molecule has 98 valence electrons. The number of hydrogen-bond acceptors (Lipinski definition) is 3. The number of halogens is 2. The Labute approximate surface area is 110 Å². The van der Waals surface area contributed by atoms with Crippen molar-refractivity contribution in [3.05, 3.63) is 34.6 Å². The molecule has 1 aromatic carbocycles. The zero-order valence-electron chi connectivity index (χ0n) is 10.1. The van der Waals surface area contributed by atoms with E-state index >= 15 is 0 Å². The lowest BCUT2D eigenvalue weighted by Gasteiger charge is -2.25. The molecule has 1 saturated heterocycles. The Balaban J connectivity index is 2.16. The van der Waals surface area contributed by atoms with Gasteiger partial charge in [-0.25, -0.2) is 4.39 Å². The summed E-state index contributed by atoms with van der Waals surface area (Å²) in [5.41, 5.74) is 5.48. The van der Waals surface area contributed by atoms with Crippen molar-refractivity contribution < 1.29 is 13.9 Å². The van der Waals surface area contributed by atoms with Crippen molar-refractivity contribution in [1.82, 2.24) is 0 Å². The van der Waals surface area contributed by atoms with Crippen LogP contribution in [0.5, 0.6) is 0 Å². The smallest absolute Gasteiger partial charge is 0.147 e. The van der Waals surface area contributed by atoms with Crippen LogP contribution < -0.4 is 5.73 Å². The summed E-state index contributed by atoms with van der Waals surface area (Å²) < 4.78 is 18.8. The molecule has 0 aromatic heterocycles. The summed E-state index contributed by atoms with van der Waals surface area (Å²) >= 11 is 5.67. The molecule has 18 heavy (non-hydrogen) atoms. The van der Waals surface area contributed by atoms with Gasteiger partial charge in [0.25, 0.3) is 0 Å². The van der Waals surface area contributed by atoms with E-state index in [9.17, 15) is 9.18 Å². The van der Waals surface area contributed by atoms with Crippen LogP contribution in [0.15, 0.2) is 18.2 Å². The Morgan fingerprint density at radius 2 is 2.39 bits per heavy atom. The molecule has 5 heteroatoms. The number of ether oxygens (including phenoxy) is 1. The average molecular weight is 272 g/mol. The summed E-state index contributed by atoms with van der Waals surface area (Å²) in [5.74, 6) is -0.569. The highest BCUT2D eigenvalue weighted by Gasteiger charge is 2.43. The molecule has 1 aliphatic rings. The van der Waals surface area contributed by atoms with Crippen molar-refractivity contribution in [2.45, 2.75) is 19.4 Å². The van der Waals surface area contributed by atoms with E-state index in [0.29, 0.717) is 23.8 Å². The number of ketones is 1. The Morgan fingerprint density at radius 1 is 1.67 bits per heavy atom. The summed E-state index contributed by atoms with van der Waals surface area (Å²) in [5, 5.41) is 0.316. The van der Waals surface area contributed by atoms with Gasteiger partial charge in [-0.2, -0.15) is 0 Å². The Kier molecular flexibility index (Phi) is 3.71. The van der Waals surface area contributed by atoms with Crippen molar-refractivity contribution in [3.63, 3.8) is 0 Å². The predicted molar refractivity (Wildman–Crippen MR) is 67.0 cm³/mol. The van der Waals surface area contributed by atoms with Gasteiger partial charge >= 0.3 is 0 Å². The SMILES string of the molecule is CC1(C(=O)Cc2ccc(Cl)cc2F)COCC1N. The standard InChI is InChI=1S/C13H15ClFNO2/c1-13(7-18-6-11(13)16)12(17)4-8-2-3-9(14)5-10(8)15/h2-3,5,11H,4,6-7,16H2,1H3. The fourth-order valence-electron chi connectivity index (χ4n) is 2.02. The van der Waals surface area contributed by atoms with Crippen LogP contribution in [0.1, 0.15) is 12.5 Å². The summed E-state index contributed by atoms with van der Waals surface area (Å²) in [6.45, 7) is 2.42. The van der Waals surface area contributed by atoms with Gasteiger partial charge < -0.3 is 10.5 Å². The molecule has 0 bridgehead atoms. The summed E-state index contributed by atoms with van der Waals surface area (Å²) in [7, 11) is 0. The van der Waals surface area contributed by atoms with Gasteiger partial charge in [-0.3, -0.25) is 4.79 Å². The van der Waals surface area contributed by atoms with Crippen LogP contribution in [0, 0.1) is 11.2 Å². The molecule has 1 fully saturated rings. The van der Waals surface area contributed by atoms with E-state index in [1.807, 2.05) is 0 Å². The molecule has 0 radical (unpaired) electrons. The number of nitrogens with two attached hydrogens (primary N) is 1. The van der Waals surface area contributed by atoms with Crippen LogP contribution in [-0.2, 0) is 16.0 Å². The zero-order chi connectivity index (χ0) is 13.3. The number of benzene rings is 1. The topological polar surface area (TPSA) is 52.3 Å². The number of carbonyl (C=O) groups excluding carboxylic acids is 1. The van der Waals surface area contributed by atoms with Crippen molar-refractivity contribution in [3.8, 4) is 0 Å². The first-order valence-corrected chi connectivity index (χ1v) is 6.12. The first-order valence-electron chi connectivity index (χ1n) is 5.74. The van der Waals surface area contributed by atoms with Crippen LogP contribution in [0.3, 0.4) is 0 Å². The molecular formula is C13H15ClFNO2. The number of hydrogen-bond donors (Lipinski definition) is 1. The maximum absolute atomic E-state index is 13.6. The summed E-state index contributed by atoms with van der Waals surface area (Å²) in [6, 6.07) is 3.97. The molecule has 2 N–H and O–H groups in total. The minimum Gasteiger partial charge on any atom is -0.379 e. The fraction of sp³-hybridized carbons (Fsp3) is 0.462. The lowest BCUT2D eigenvalue weighted by atomic mass is 9.79.